The largest absolute Gasteiger partial charge is 0.0843 e. The smallest absolute Gasteiger partial charge is 0.0426 e. The molecule has 0 aliphatic carbocycles. The van der Waals surface area contributed by atoms with Gasteiger partial charge in [0, 0.05) is 20.1 Å². The Bertz CT molecular complexity index is 474. The molecule has 0 aliphatic rings. The predicted octanol–water partition coefficient (Wildman–Crippen LogP) is 5.22. The van der Waals surface area contributed by atoms with Crippen molar-refractivity contribution in [2.75, 3.05) is 0 Å². The van der Waals surface area contributed by atoms with Crippen molar-refractivity contribution in [1.82, 2.24) is 0 Å². The molecule has 0 spiro atoms. The number of hydrogen-bond donors (Lipinski definition) is 0. The maximum absolute atomic E-state index is 5.94. The molecule has 0 aromatic heterocycles. The molecule has 0 saturated heterocycles. The maximum Gasteiger partial charge on any atom is 0.0426 e. The Hall–Kier alpha value is -0.500. The number of halogens is 3. The van der Waals surface area contributed by atoms with Crippen molar-refractivity contribution in [2.45, 2.75) is 0 Å². The van der Waals surface area contributed by atoms with Crippen LogP contribution in [0.15, 0.2) is 40.9 Å². The van der Waals surface area contributed by atoms with Crippen LogP contribution in [0.4, 0.5) is 0 Å². The Balaban J connectivity index is 2.59. The normalized spacial score (nSPS) is 10.3. The first-order chi connectivity index (χ1) is 7.16. The Morgan fingerprint density at radius 1 is 1.07 bits per heavy atom. The fourth-order valence-corrected chi connectivity index (χ4v) is 2.36. The van der Waals surface area contributed by atoms with Crippen LogP contribution in [0.25, 0.3) is 11.1 Å². The summed E-state index contributed by atoms with van der Waals surface area (Å²) in [6.45, 7) is 0. The highest BCUT2D eigenvalue weighted by Crippen LogP contribution is 2.31. The Labute approximate surface area is 107 Å². The van der Waals surface area contributed by atoms with Gasteiger partial charge in [-0.3, -0.25) is 0 Å². The first kappa shape index (κ1) is 11.0. The molecule has 1 radical (unpaired) electrons. The van der Waals surface area contributed by atoms with Crippen LogP contribution in [0.3, 0.4) is 0 Å². The molecule has 2 rings (SSSR count). The zero-order valence-corrected chi connectivity index (χ0v) is 10.7. The highest BCUT2D eigenvalue weighted by molar-refractivity contribution is 9.10. The lowest BCUT2D eigenvalue weighted by molar-refractivity contribution is 1.57. The van der Waals surface area contributed by atoms with E-state index < -0.39 is 0 Å². The SMILES string of the molecule is Clc1cc(Cl)cc(-c2[c]cccc2Br)c1. The monoisotopic (exact) mass is 299 g/mol. The summed E-state index contributed by atoms with van der Waals surface area (Å²) >= 11 is 15.3. The summed E-state index contributed by atoms with van der Waals surface area (Å²) in [7, 11) is 0. The van der Waals surface area contributed by atoms with Crippen molar-refractivity contribution < 1.29 is 0 Å². The fraction of sp³-hybridized carbons (Fsp3) is 0. The van der Waals surface area contributed by atoms with E-state index in [1.807, 2.05) is 30.3 Å². The Morgan fingerprint density at radius 3 is 2.33 bits per heavy atom. The van der Waals surface area contributed by atoms with Crippen LogP contribution in [-0.2, 0) is 0 Å². The van der Waals surface area contributed by atoms with Crippen LogP contribution in [0, 0.1) is 6.07 Å². The number of benzene rings is 2. The fourth-order valence-electron chi connectivity index (χ4n) is 1.34. The minimum atomic E-state index is 0.627. The summed E-state index contributed by atoms with van der Waals surface area (Å²) in [5.41, 5.74) is 1.92. The van der Waals surface area contributed by atoms with E-state index in [1.165, 1.54) is 0 Å². The minimum Gasteiger partial charge on any atom is -0.0843 e. The Morgan fingerprint density at radius 2 is 1.73 bits per heavy atom. The summed E-state index contributed by atoms with van der Waals surface area (Å²) in [4.78, 5) is 0. The molecule has 2 aromatic rings. The molecule has 0 aliphatic heterocycles. The van der Waals surface area contributed by atoms with E-state index in [0.29, 0.717) is 10.0 Å². The Kier molecular flexibility index (Phi) is 3.35. The van der Waals surface area contributed by atoms with Crippen molar-refractivity contribution in [3.8, 4) is 11.1 Å². The predicted molar refractivity (Wildman–Crippen MR) is 68.4 cm³/mol. The van der Waals surface area contributed by atoms with Crippen molar-refractivity contribution in [3.05, 3.63) is 57.0 Å². The first-order valence-corrected chi connectivity index (χ1v) is 5.84. The van der Waals surface area contributed by atoms with Crippen molar-refractivity contribution >= 4 is 39.1 Å². The molecule has 3 heteroatoms. The van der Waals surface area contributed by atoms with Crippen molar-refractivity contribution in [2.24, 2.45) is 0 Å². The molecule has 0 heterocycles. The van der Waals surface area contributed by atoms with E-state index >= 15 is 0 Å². The molecule has 0 unspecified atom stereocenters. The van der Waals surface area contributed by atoms with E-state index in [2.05, 4.69) is 22.0 Å². The first-order valence-electron chi connectivity index (χ1n) is 4.29. The molecular formula is C12H6BrCl2. The summed E-state index contributed by atoms with van der Waals surface area (Å²) in [6.07, 6.45) is 0. The zero-order valence-electron chi connectivity index (χ0n) is 7.60. The van der Waals surface area contributed by atoms with E-state index in [-0.39, 0.29) is 0 Å². The van der Waals surface area contributed by atoms with Crippen molar-refractivity contribution in [3.63, 3.8) is 0 Å². The summed E-state index contributed by atoms with van der Waals surface area (Å²) < 4.78 is 0.975. The highest BCUT2D eigenvalue weighted by Gasteiger charge is 2.04. The molecule has 15 heavy (non-hydrogen) atoms. The second-order valence-electron chi connectivity index (χ2n) is 3.05. The van der Waals surface area contributed by atoms with Gasteiger partial charge < -0.3 is 0 Å². The molecular weight excluding hydrogens is 295 g/mol. The zero-order chi connectivity index (χ0) is 10.8. The number of hydrogen-bond acceptors (Lipinski definition) is 0. The van der Waals surface area contributed by atoms with E-state index in [0.717, 1.165) is 15.6 Å². The molecule has 0 saturated carbocycles. The van der Waals surface area contributed by atoms with Crippen LogP contribution in [0.2, 0.25) is 10.0 Å². The van der Waals surface area contributed by atoms with Gasteiger partial charge >= 0.3 is 0 Å². The quantitative estimate of drug-likeness (QED) is 0.677. The van der Waals surface area contributed by atoms with Gasteiger partial charge in [-0.1, -0.05) is 51.3 Å². The van der Waals surface area contributed by atoms with E-state index in [1.54, 1.807) is 6.07 Å². The average molecular weight is 301 g/mol. The van der Waals surface area contributed by atoms with E-state index in [9.17, 15) is 0 Å². The standard InChI is InChI=1S/C12H6BrCl2/c13-12-4-2-1-3-11(12)8-5-9(14)7-10(15)6-8/h1-2,4-7H. The van der Waals surface area contributed by atoms with Gasteiger partial charge in [-0.25, -0.2) is 0 Å². The third kappa shape index (κ3) is 2.54. The van der Waals surface area contributed by atoms with E-state index in [4.69, 9.17) is 23.2 Å². The molecule has 75 valence electrons. The minimum absolute atomic E-state index is 0.627. The van der Waals surface area contributed by atoms with Gasteiger partial charge in [0.1, 0.15) is 0 Å². The summed E-state index contributed by atoms with van der Waals surface area (Å²) in [5.74, 6) is 0. The third-order valence-corrected chi connectivity index (χ3v) is 3.05. The van der Waals surface area contributed by atoms with Crippen LogP contribution in [0.1, 0.15) is 0 Å². The molecule has 0 N–H and O–H groups in total. The molecule has 2 aromatic carbocycles. The topological polar surface area (TPSA) is 0 Å². The van der Waals surface area contributed by atoms with Crippen LogP contribution in [-0.4, -0.2) is 0 Å². The van der Waals surface area contributed by atoms with Crippen LogP contribution in [0.5, 0.6) is 0 Å². The molecule has 0 atom stereocenters. The average Bonchev–Trinajstić information content (AvgIpc) is 2.16. The lowest BCUT2D eigenvalue weighted by atomic mass is 10.1. The summed E-state index contributed by atoms with van der Waals surface area (Å²) in [5, 5.41) is 1.25. The van der Waals surface area contributed by atoms with Crippen molar-refractivity contribution in [1.29, 1.82) is 0 Å². The van der Waals surface area contributed by atoms with Crippen LogP contribution < -0.4 is 0 Å². The lowest BCUT2D eigenvalue weighted by Crippen LogP contribution is -1.80. The van der Waals surface area contributed by atoms with Gasteiger partial charge in [-0.2, -0.15) is 0 Å². The lowest BCUT2D eigenvalue weighted by Gasteiger charge is -2.05. The maximum atomic E-state index is 5.94. The van der Waals surface area contributed by atoms with Gasteiger partial charge in [0.15, 0.2) is 0 Å². The second kappa shape index (κ2) is 4.56. The van der Waals surface area contributed by atoms with Gasteiger partial charge in [-0.15, -0.1) is 0 Å². The molecule has 0 nitrogen and oxygen atoms in total. The number of rotatable bonds is 1. The van der Waals surface area contributed by atoms with Crippen LogP contribution >= 0.6 is 39.1 Å². The third-order valence-electron chi connectivity index (χ3n) is 1.96. The molecule has 0 bridgehead atoms. The van der Waals surface area contributed by atoms with Gasteiger partial charge in [0.05, 0.1) is 0 Å². The molecule has 0 amide bonds. The second-order valence-corrected chi connectivity index (χ2v) is 4.78. The molecule has 0 fully saturated rings. The van der Waals surface area contributed by atoms with Gasteiger partial charge in [0.2, 0.25) is 0 Å². The van der Waals surface area contributed by atoms with Gasteiger partial charge in [-0.05, 0) is 35.9 Å². The highest BCUT2D eigenvalue weighted by atomic mass is 79.9. The summed E-state index contributed by atoms with van der Waals surface area (Å²) in [6, 6.07) is 14.3. The van der Waals surface area contributed by atoms with Gasteiger partial charge in [0.25, 0.3) is 0 Å².